The molecule has 0 aromatic carbocycles. The van der Waals surface area contributed by atoms with Crippen molar-refractivity contribution in [2.45, 2.75) is 44.9 Å². The number of alkyl halides is 3. The molecule has 1 fully saturated rings. The van der Waals surface area contributed by atoms with Gasteiger partial charge in [0.15, 0.2) is 5.82 Å². The van der Waals surface area contributed by atoms with Crippen LogP contribution in [0, 0.1) is 0 Å². The Morgan fingerprint density at radius 2 is 2.16 bits per heavy atom. The summed E-state index contributed by atoms with van der Waals surface area (Å²) >= 11 is 6.20. The van der Waals surface area contributed by atoms with E-state index in [4.69, 9.17) is 11.6 Å². The Balaban J connectivity index is 2.01. The largest absolute Gasteiger partial charge is 0.408 e. The van der Waals surface area contributed by atoms with E-state index in [-0.39, 0.29) is 28.4 Å². The summed E-state index contributed by atoms with van der Waals surface area (Å²) in [5, 5.41) is 4.38. The molecule has 1 aromatic heterocycles. The van der Waals surface area contributed by atoms with Gasteiger partial charge in [-0.25, -0.2) is 14.8 Å². The Hall–Kier alpha value is -2.82. The number of hydrogen-bond donors (Lipinski definition) is 2. The van der Waals surface area contributed by atoms with Crippen LogP contribution in [0.1, 0.15) is 37.2 Å². The van der Waals surface area contributed by atoms with Crippen molar-refractivity contribution in [3.63, 3.8) is 0 Å². The molecule has 2 aliphatic heterocycles. The van der Waals surface area contributed by atoms with E-state index < -0.39 is 24.2 Å². The highest BCUT2D eigenvalue weighted by Gasteiger charge is 2.41. The lowest BCUT2D eigenvalue weighted by atomic mass is 9.99. The molecular weight excluding hydrogens is 437 g/mol. The van der Waals surface area contributed by atoms with Crippen LogP contribution in [0.25, 0.3) is 0 Å². The number of nitrogens with zero attached hydrogens (tertiary/aromatic N) is 4. The van der Waals surface area contributed by atoms with E-state index in [0.717, 1.165) is 13.3 Å². The van der Waals surface area contributed by atoms with E-state index in [1.807, 2.05) is 10.2 Å². The van der Waals surface area contributed by atoms with E-state index in [1.165, 1.54) is 11.0 Å². The fourth-order valence-corrected chi connectivity index (χ4v) is 3.81. The zero-order valence-electron chi connectivity index (χ0n) is 17.0. The van der Waals surface area contributed by atoms with Gasteiger partial charge in [0, 0.05) is 13.1 Å². The van der Waals surface area contributed by atoms with Crippen LogP contribution in [-0.2, 0) is 0 Å². The van der Waals surface area contributed by atoms with E-state index in [2.05, 4.69) is 22.0 Å². The number of amides is 3. The standard InChI is InChI=1S/C19H22ClF3N6O2/c1-4-14(24-3)26-18(31)29-11-6-5-7-28(9-11)13-8-12(20)15(27-16(13)29)17(30)25-10(2)19(21,22)23/h4,8,10-11H,3,5-7,9H2,1-2H3,(H,25,30)(H,26,31)/b14-4+/t10-,11+/m1/s1. The molecular formula is C19H22ClF3N6O2. The summed E-state index contributed by atoms with van der Waals surface area (Å²) in [5.41, 5.74) is 0.147. The molecule has 12 heteroatoms. The van der Waals surface area contributed by atoms with Gasteiger partial charge >= 0.3 is 12.2 Å². The summed E-state index contributed by atoms with van der Waals surface area (Å²) in [7, 11) is 0. The Morgan fingerprint density at radius 1 is 1.45 bits per heavy atom. The van der Waals surface area contributed by atoms with Crippen LogP contribution in [0.3, 0.4) is 0 Å². The average molecular weight is 459 g/mol. The number of allylic oxidation sites excluding steroid dienone is 1. The minimum atomic E-state index is -4.62. The van der Waals surface area contributed by atoms with Gasteiger partial charge in [0.1, 0.15) is 17.6 Å². The zero-order chi connectivity index (χ0) is 22.9. The minimum absolute atomic E-state index is 0.100. The smallest absolute Gasteiger partial charge is 0.366 e. The third-order valence-corrected chi connectivity index (χ3v) is 5.51. The first kappa shape index (κ1) is 22.9. The average Bonchev–Trinajstić information content (AvgIpc) is 2.71. The summed E-state index contributed by atoms with van der Waals surface area (Å²) in [5.74, 6) is -0.677. The molecule has 3 heterocycles. The van der Waals surface area contributed by atoms with Gasteiger partial charge in [-0.1, -0.05) is 11.6 Å². The van der Waals surface area contributed by atoms with E-state index in [9.17, 15) is 22.8 Å². The predicted molar refractivity (Wildman–Crippen MR) is 112 cm³/mol. The number of pyridine rings is 1. The van der Waals surface area contributed by atoms with Crippen molar-refractivity contribution in [3.8, 4) is 0 Å². The Morgan fingerprint density at radius 3 is 2.77 bits per heavy atom. The van der Waals surface area contributed by atoms with E-state index >= 15 is 0 Å². The second-order valence-electron chi connectivity index (χ2n) is 7.27. The SMILES string of the molecule is C=N/C(=C\C)NC(=O)N1c2nc(C(=O)N[C@H](C)C(F)(F)F)c(Cl)cc2N2CCC[C@H]1C2. The maximum Gasteiger partial charge on any atom is 0.408 e. The van der Waals surface area contributed by atoms with Crippen molar-refractivity contribution in [2.75, 3.05) is 22.9 Å². The lowest BCUT2D eigenvalue weighted by Gasteiger charge is -2.46. The van der Waals surface area contributed by atoms with Crippen LogP contribution in [0.15, 0.2) is 23.0 Å². The van der Waals surface area contributed by atoms with Gasteiger partial charge in [-0.2, -0.15) is 13.2 Å². The molecule has 1 saturated heterocycles. The fourth-order valence-electron chi connectivity index (χ4n) is 3.58. The molecule has 2 atom stereocenters. The molecule has 1 aromatic rings. The number of aromatic nitrogens is 1. The van der Waals surface area contributed by atoms with Crippen LogP contribution < -0.4 is 20.4 Å². The molecule has 2 aliphatic rings. The van der Waals surface area contributed by atoms with Crippen molar-refractivity contribution in [2.24, 2.45) is 4.99 Å². The number of hydrogen-bond acceptors (Lipinski definition) is 5. The number of carbonyl (C=O) groups is 2. The summed E-state index contributed by atoms with van der Waals surface area (Å²) in [6.45, 7) is 7.15. The Kier molecular flexibility index (Phi) is 6.44. The number of piperidine rings is 1. The molecule has 2 bridgehead atoms. The summed E-state index contributed by atoms with van der Waals surface area (Å²) in [6.07, 6.45) is -1.53. The highest BCUT2D eigenvalue weighted by Crippen LogP contribution is 2.40. The number of urea groups is 1. The minimum Gasteiger partial charge on any atom is -0.366 e. The topological polar surface area (TPSA) is 89.9 Å². The first-order valence-electron chi connectivity index (χ1n) is 9.63. The molecule has 3 amide bonds. The number of aliphatic imine (C=N–C) groups is 1. The van der Waals surface area contributed by atoms with Crippen LogP contribution in [-0.4, -0.2) is 55.0 Å². The molecule has 31 heavy (non-hydrogen) atoms. The van der Waals surface area contributed by atoms with Gasteiger partial charge < -0.3 is 10.2 Å². The third-order valence-electron chi connectivity index (χ3n) is 5.22. The number of nitrogens with one attached hydrogen (secondary N) is 2. The third kappa shape index (κ3) is 4.60. The zero-order valence-corrected chi connectivity index (χ0v) is 17.7. The van der Waals surface area contributed by atoms with E-state index in [0.29, 0.717) is 25.2 Å². The van der Waals surface area contributed by atoms with Crippen molar-refractivity contribution in [3.05, 3.63) is 28.7 Å². The molecule has 3 rings (SSSR count). The molecule has 2 N–H and O–H groups in total. The van der Waals surface area contributed by atoms with Gasteiger partial charge in [-0.3, -0.25) is 15.0 Å². The second-order valence-corrected chi connectivity index (χ2v) is 7.68. The van der Waals surface area contributed by atoms with Crippen LogP contribution in [0.4, 0.5) is 29.5 Å². The number of anilines is 2. The highest BCUT2D eigenvalue weighted by atomic mass is 35.5. The first-order chi connectivity index (χ1) is 14.6. The number of carbonyl (C=O) groups excluding carboxylic acids is 2. The van der Waals surface area contributed by atoms with E-state index in [1.54, 1.807) is 13.0 Å². The normalized spacial score (nSPS) is 19.4. The maximum atomic E-state index is 13.0. The lowest BCUT2D eigenvalue weighted by Crippen LogP contribution is -2.57. The van der Waals surface area contributed by atoms with Gasteiger partial charge in [0.2, 0.25) is 0 Å². The molecule has 0 aliphatic carbocycles. The van der Waals surface area contributed by atoms with Gasteiger partial charge in [-0.05, 0) is 45.5 Å². The fraction of sp³-hybridized carbons (Fsp3) is 0.474. The Labute approximate surface area is 182 Å². The van der Waals surface area contributed by atoms with Crippen molar-refractivity contribution >= 4 is 41.8 Å². The highest BCUT2D eigenvalue weighted by molar-refractivity contribution is 6.34. The predicted octanol–water partition coefficient (Wildman–Crippen LogP) is 3.48. The van der Waals surface area contributed by atoms with Gasteiger partial charge in [0.05, 0.1) is 16.8 Å². The number of halogens is 4. The van der Waals surface area contributed by atoms with Crippen molar-refractivity contribution in [1.82, 2.24) is 15.6 Å². The van der Waals surface area contributed by atoms with Crippen molar-refractivity contribution < 1.29 is 22.8 Å². The van der Waals surface area contributed by atoms with Crippen LogP contribution in [0.2, 0.25) is 5.02 Å². The second kappa shape index (κ2) is 8.74. The van der Waals surface area contributed by atoms with Gasteiger partial charge in [0.25, 0.3) is 5.91 Å². The lowest BCUT2D eigenvalue weighted by molar-refractivity contribution is -0.149. The molecule has 0 spiro atoms. The summed E-state index contributed by atoms with van der Waals surface area (Å²) in [4.78, 5) is 36.8. The van der Waals surface area contributed by atoms with Crippen LogP contribution >= 0.6 is 11.6 Å². The number of rotatable bonds is 4. The molecule has 0 radical (unpaired) electrons. The number of fused-ring (bicyclic) bond motifs is 4. The summed E-state index contributed by atoms with van der Waals surface area (Å²) < 4.78 is 38.6. The summed E-state index contributed by atoms with van der Waals surface area (Å²) in [6, 6.07) is -1.39. The van der Waals surface area contributed by atoms with Crippen molar-refractivity contribution in [1.29, 1.82) is 0 Å². The quantitative estimate of drug-likeness (QED) is 0.676. The molecule has 168 valence electrons. The maximum absolute atomic E-state index is 13.0. The van der Waals surface area contributed by atoms with Crippen LogP contribution in [0.5, 0.6) is 0 Å². The first-order valence-corrected chi connectivity index (χ1v) is 10.0. The molecule has 8 nitrogen and oxygen atoms in total. The Bertz CT molecular complexity index is 936. The molecule has 0 saturated carbocycles. The monoisotopic (exact) mass is 458 g/mol. The van der Waals surface area contributed by atoms with Gasteiger partial charge in [-0.15, -0.1) is 0 Å². The molecule has 0 unspecified atom stereocenters.